The molecule has 21 heavy (non-hydrogen) atoms. The van der Waals surface area contributed by atoms with Gasteiger partial charge < -0.3 is 4.74 Å². The number of nitro benzene ring substituents is 1. The quantitative estimate of drug-likeness (QED) is 0.481. The number of carbonyl (C=O) groups excluding carboxylic acids is 1. The van der Waals surface area contributed by atoms with E-state index in [9.17, 15) is 19.3 Å². The van der Waals surface area contributed by atoms with Crippen LogP contribution in [-0.2, 0) is 0 Å². The standard InChI is InChI=1S/C15H12FNO4/c1-10-4-2-3-5-12(10)14(18)9-21-15-7-6-11(16)8-13(15)17(19)20/h2-8H,9H2,1H3. The Kier molecular flexibility index (Phi) is 4.27. The molecule has 0 saturated carbocycles. The molecular weight excluding hydrogens is 277 g/mol. The summed E-state index contributed by atoms with van der Waals surface area (Å²) in [5.74, 6) is -1.17. The van der Waals surface area contributed by atoms with E-state index in [1.165, 1.54) is 0 Å². The van der Waals surface area contributed by atoms with Crippen molar-refractivity contribution < 1.29 is 18.8 Å². The number of ketones is 1. The predicted octanol–water partition coefficient (Wildman–Crippen LogP) is 3.30. The maximum atomic E-state index is 13.0. The van der Waals surface area contributed by atoms with Gasteiger partial charge in [-0.25, -0.2) is 4.39 Å². The smallest absolute Gasteiger partial charge is 0.313 e. The average molecular weight is 289 g/mol. The highest BCUT2D eigenvalue weighted by Gasteiger charge is 2.18. The predicted molar refractivity (Wildman–Crippen MR) is 74.1 cm³/mol. The van der Waals surface area contributed by atoms with E-state index in [0.29, 0.717) is 5.56 Å². The Balaban J connectivity index is 2.15. The topological polar surface area (TPSA) is 69.4 Å². The fourth-order valence-electron chi connectivity index (χ4n) is 1.86. The molecule has 0 saturated heterocycles. The molecule has 2 rings (SSSR count). The first kappa shape index (κ1) is 14.6. The van der Waals surface area contributed by atoms with Crippen molar-refractivity contribution in [2.75, 3.05) is 6.61 Å². The largest absolute Gasteiger partial charge is 0.478 e. The number of hydrogen-bond acceptors (Lipinski definition) is 4. The second kappa shape index (κ2) is 6.13. The molecule has 0 spiro atoms. The summed E-state index contributed by atoms with van der Waals surface area (Å²) in [6.07, 6.45) is 0. The summed E-state index contributed by atoms with van der Waals surface area (Å²) in [5.41, 5.74) is 0.773. The van der Waals surface area contributed by atoms with Crippen LogP contribution in [0.4, 0.5) is 10.1 Å². The molecule has 0 atom stereocenters. The Hall–Kier alpha value is -2.76. The first-order valence-corrected chi connectivity index (χ1v) is 6.14. The number of hydrogen-bond donors (Lipinski definition) is 0. The van der Waals surface area contributed by atoms with Gasteiger partial charge in [-0.05, 0) is 24.6 Å². The zero-order valence-electron chi connectivity index (χ0n) is 11.2. The summed E-state index contributed by atoms with van der Waals surface area (Å²) in [6, 6.07) is 9.90. The van der Waals surface area contributed by atoms with Crippen LogP contribution in [0.5, 0.6) is 5.75 Å². The lowest BCUT2D eigenvalue weighted by atomic mass is 10.1. The first-order valence-electron chi connectivity index (χ1n) is 6.14. The van der Waals surface area contributed by atoms with Gasteiger partial charge in [0.05, 0.1) is 11.0 Å². The molecule has 0 aliphatic carbocycles. The fraction of sp³-hybridized carbons (Fsp3) is 0.133. The summed E-state index contributed by atoms with van der Waals surface area (Å²) in [4.78, 5) is 22.1. The molecule has 0 bridgehead atoms. The second-order valence-electron chi connectivity index (χ2n) is 4.40. The van der Waals surface area contributed by atoms with Gasteiger partial charge in [-0.3, -0.25) is 14.9 Å². The molecule has 0 aliphatic heterocycles. The molecule has 0 fully saturated rings. The van der Waals surface area contributed by atoms with Crippen LogP contribution in [0, 0.1) is 22.9 Å². The molecule has 0 N–H and O–H groups in total. The summed E-state index contributed by atoms with van der Waals surface area (Å²) in [6.45, 7) is 1.44. The van der Waals surface area contributed by atoms with Crippen LogP contribution >= 0.6 is 0 Å². The second-order valence-corrected chi connectivity index (χ2v) is 4.40. The van der Waals surface area contributed by atoms with Crippen molar-refractivity contribution in [2.45, 2.75) is 6.92 Å². The normalized spacial score (nSPS) is 10.2. The average Bonchev–Trinajstić information content (AvgIpc) is 2.46. The van der Waals surface area contributed by atoms with E-state index in [2.05, 4.69) is 0 Å². The zero-order chi connectivity index (χ0) is 15.4. The monoisotopic (exact) mass is 289 g/mol. The number of Topliss-reactive ketones (excluding diaryl/α,β-unsaturated/α-hetero) is 1. The number of benzene rings is 2. The SMILES string of the molecule is Cc1ccccc1C(=O)COc1ccc(F)cc1[N+](=O)[O-]. The minimum atomic E-state index is -0.753. The highest BCUT2D eigenvalue weighted by Crippen LogP contribution is 2.27. The summed E-state index contributed by atoms with van der Waals surface area (Å²) in [5, 5.41) is 10.8. The third-order valence-corrected chi connectivity index (χ3v) is 2.92. The van der Waals surface area contributed by atoms with Crippen molar-refractivity contribution in [1.29, 1.82) is 0 Å². The fourth-order valence-corrected chi connectivity index (χ4v) is 1.86. The molecule has 0 heterocycles. The first-order chi connectivity index (χ1) is 9.99. The van der Waals surface area contributed by atoms with E-state index in [-0.39, 0.29) is 18.1 Å². The van der Waals surface area contributed by atoms with E-state index >= 15 is 0 Å². The van der Waals surface area contributed by atoms with Crippen molar-refractivity contribution >= 4 is 11.5 Å². The third kappa shape index (κ3) is 3.42. The highest BCUT2D eigenvalue weighted by atomic mass is 19.1. The molecule has 108 valence electrons. The molecule has 0 radical (unpaired) electrons. The van der Waals surface area contributed by atoms with Gasteiger partial charge in [0, 0.05) is 5.56 Å². The minimum Gasteiger partial charge on any atom is -0.478 e. The number of rotatable bonds is 5. The van der Waals surface area contributed by atoms with Gasteiger partial charge in [0.1, 0.15) is 5.82 Å². The van der Waals surface area contributed by atoms with Crippen molar-refractivity contribution in [3.8, 4) is 5.75 Å². The number of nitrogens with zero attached hydrogens (tertiary/aromatic N) is 1. The molecule has 0 unspecified atom stereocenters. The van der Waals surface area contributed by atoms with Crippen molar-refractivity contribution in [3.05, 3.63) is 69.5 Å². The number of aryl methyl sites for hydroxylation is 1. The van der Waals surface area contributed by atoms with Gasteiger partial charge in [0.2, 0.25) is 0 Å². The van der Waals surface area contributed by atoms with E-state index in [0.717, 1.165) is 23.8 Å². The Bertz CT molecular complexity index is 700. The van der Waals surface area contributed by atoms with Gasteiger partial charge in [-0.2, -0.15) is 0 Å². The number of halogens is 1. The van der Waals surface area contributed by atoms with Gasteiger partial charge in [0.15, 0.2) is 18.1 Å². The third-order valence-electron chi connectivity index (χ3n) is 2.92. The van der Waals surface area contributed by atoms with Crippen LogP contribution in [0.15, 0.2) is 42.5 Å². The highest BCUT2D eigenvalue weighted by molar-refractivity contribution is 5.98. The van der Waals surface area contributed by atoms with Crippen LogP contribution in [0.1, 0.15) is 15.9 Å². The number of ether oxygens (including phenoxy) is 1. The van der Waals surface area contributed by atoms with Gasteiger partial charge in [0.25, 0.3) is 0 Å². The van der Waals surface area contributed by atoms with E-state index in [1.807, 2.05) is 0 Å². The summed E-state index contributed by atoms with van der Waals surface area (Å²) in [7, 11) is 0. The molecular formula is C15H12FNO4. The molecule has 0 aliphatic rings. The lowest BCUT2D eigenvalue weighted by Crippen LogP contribution is -2.13. The molecule has 5 nitrogen and oxygen atoms in total. The van der Waals surface area contributed by atoms with E-state index in [1.54, 1.807) is 31.2 Å². The summed E-state index contributed by atoms with van der Waals surface area (Å²) < 4.78 is 18.2. The van der Waals surface area contributed by atoms with Crippen molar-refractivity contribution in [2.24, 2.45) is 0 Å². The van der Waals surface area contributed by atoms with Crippen molar-refractivity contribution in [1.82, 2.24) is 0 Å². The van der Waals surface area contributed by atoms with Crippen LogP contribution in [0.3, 0.4) is 0 Å². The molecule has 2 aromatic rings. The Labute approximate surface area is 120 Å². The maximum Gasteiger partial charge on any atom is 0.313 e. The molecule has 0 aromatic heterocycles. The van der Waals surface area contributed by atoms with Gasteiger partial charge >= 0.3 is 5.69 Å². The Morgan fingerprint density at radius 2 is 2.00 bits per heavy atom. The minimum absolute atomic E-state index is 0.136. The van der Waals surface area contributed by atoms with E-state index in [4.69, 9.17) is 4.74 Å². The summed E-state index contributed by atoms with van der Waals surface area (Å²) >= 11 is 0. The van der Waals surface area contributed by atoms with Gasteiger partial charge in [-0.15, -0.1) is 0 Å². The Morgan fingerprint density at radius 3 is 2.67 bits per heavy atom. The zero-order valence-corrected chi connectivity index (χ0v) is 11.2. The maximum absolute atomic E-state index is 13.0. The lowest BCUT2D eigenvalue weighted by Gasteiger charge is -2.07. The van der Waals surface area contributed by atoms with Crippen LogP contribution in [-0.4, -0.2) is 17.3 Å². The molecule has 0 amide bonds. The number of nitro groups is 1. The van der Waals surface area contributed by atoms with Crippen LogP contribution in [0.2, 0.25) is 0 Å². The number of carbonyl (C=O) groups is 1. The van der Waals surface area contributed by atoms with E-state index < -0.39 is 16.4 Å². The van der Waals surface area contributed by atoms with Crippen LogP contribution in [0.25, 0.3) is 0 Å². The van der Waals surface area contributed by atoms with Crippen LogP contribution < -0.4 is 4.74 Å². The van der Waals surface area contributed by atoms with Gasteiger partial charge in [-0.1, -0.05) is 24.3 Å². The molecule has 6 heteroatoms. The van der Waals surface area contributed by atoms with Crippen molar-refractivity contribution in [3.63, 3.8) is 0 Å². The Morgan fingerprint density at radius 1 is 1.29 bits per heavy atom. The lowest BCUT2D eigenvalue weighted by molar-refractivity contribution is -0.386. The molecule has 2 aromatic carbocycles.